The molecule has 0 unspecified atom stereocenters. The van der Waals surface area contributed by atoms with E-state index < -0.39 is 0 Å². The minimum Gasteiger partial charge on any atom is -0.381 e. The van der Waals surface area contributed by atoms with E-state index in [0.29, 0.717) is 18.4 Å². The van der Waals surface area contributed by atoms with E-state index in [-0.39, 0.29) is 0 Å². The van der Waals surface area contributed by atoms with Gasteiger partial charge in [-0.2, -0.15) is 0 Å². The quantitative estimate of drug-likeness (QED) is 0.195. The molecule has 0 saturated heterocycles. The summed E-state index contributed by atoms with van der Waals surface area (Å²) in [4.78, 5) is 5.23. The zero-order valence-corrected chi connectivity index (χ0v) is 25.6. The normalized spacial score (nSPS) is 11.4. The number of fused-ring (bicyclic) bond motifs is 1. The Kier molecular flexibility index (Phi) is 8.44. The average Bonchev–Trinajstić information content (AvgIpc) is 2.95. The predicted molar refractivity (Wildman–Crippen MR) is 177 cm³/mol. The third-order valence-electron chi connectivity index (χ3n) is 8.03. The van der Waals surface area contributed by atoms with Gasteiger partial charge in [-0.05, 0) is 83.3 Å². The Morgan fingerprint density at radius 3 is 1.95 bits per heavy atom. The minimum atomic E-state index is 0.446. The van der Waals surface area contributed by atoms with Crippen LogP contribution in [-0.2, 0) is 13.1 Å². The van der Waals surface area contributed by atoms with Gasteiger partial charge in [0.1, 0.15) is 0 Å². The topological polar surface area (TPSA) is 37.0 Å². The number of hydrogen-bond acceptors (Lipinski definition) is 3. The molecule has 5 aromatic rings. The fourth-order valence-electron chi connectivity index (χ4n) is 6.06. The lowest BCUT2D eigenvalue weighted by atomic mass is 9.92. The molecule has 0 amide bonds. The van der Waals surface area contributed by atoms with Crippen LogP contribution in [0.3, 0.4) is 0 Å². The van der Waals surface area contributed by atoms with Crippen molar-refractivity contribution in [2.24, 2.45) is 0 Å². The van der Waals surface area contributed by atoms with Crippen LogP contribution in [0.1, 0.15) is 78.6 Å². The summed E-state index contributed by atoms with van der Waals surface area (Å²) in [6, 6.07) is 30.7. The van der Waals surface area contributed by atoms with E-state index >= 15 is 0 Å². The second-order valence-corrected chi connectivity index (χ2v) is 11.9. The Labute approximate surface area is 246 Å². The molecule has 5 rings (SSSR count). The van der Waals surface area contributed by atoms with E-state index in [1.807, 2.05) is 0 Å². The second-order valence-electron chi connectivity index (χ2n) is 11.9. The van der Waals surface area contributed by atoms with Gasteiger partial charge in [0, 0.05) is 23.5 Å². The fourth-order valence-corrected chi connectivity index (χ4v) is 6.06. The maximum absolute atomic E-state index is 5.23. The minimum absolute atomic E-state index is 0.446. The van der Waals surface area contributed by atoms with E-state index in [0.717, 1.165) is 17.9 Å². The highest BCUT2D eigenvalue weighted by atomic mass is 14.9. The van der Waals surface area contributed by atoms with Crippen LogP contribution in [0.25, 0.3) is 22.0 Å². The van der Waals surface area contributed by atoms with Crippen LogP contribution in [0, 0.1) is 20.8 Å². The van der Waals surface area contributed by atoms with Crippen molar-refractivity contribution < 1.29 is 0 Å². The summed E-state index contributed by atoms with van der Waals surface area (Å²) in [6.45, 7) is 17.0. The van der Waals surface area contributed by atoms with Gasteiger partial charge in [0.15, 0.2) is 0 Å². The van der Waals surface area contributed by atoms with E-state index in [1.54, 1.807) is 0 Å². The van der Waals surface area contributed by atoms with Gasteiger partial charge in [0.25, 0.3) is 0 Å². The lowest BCUT2D eigenvalue weighted by molar-refractivity contribution is 0.831. The standard InChI is InChI=1S/C38H43N3/c1-24(2)32-15-11-16-33(25(3)4)38(32)40-23-31-13-10-17-35(41-31)36-30(19-18-29-12-8-9-14-34(29)36)22-39-37-27(6)20-26(5)21-28(37)7/h8-21,24-25,39-40H,22-23H2,1-7H3. The molecule has 2 N–H and O–H groups in total. The van der Waals surface area contributed by atoms with E-state index in [4.69, 9.17) is 4.98 Å². The lowest BCUT2D eigenvalue weighted by Gasteiger charge is -2.21. The van der Waals surface area contributed by atoms with Crippen molar-refractivity contribution >= 4 is 22.1 Å². The van der Waals surface area contributed by atoms with Crippen LogP contribution in [0.4, 0.5) is 11.4 Å². The van der Waals surface area contributed by atoms with Crippen molar-refractivity contribution in [1.29, 1.82) is 0 Å². The van der Waals surface area contributed by atoms with Gasteiger partial charge >= 0.3 is 0 Å². The highest BCUT2D eigenvalue weighted by Crippen LogP contribution is 2.34. The number of pyridine rings is 1. The Morgan fingerprint density at radius 1 is 0.634 bits per heavy atom. The number of aryl methyl sites for hydroxylation is 3. The molecule has 1 heterocycles. The number of aromatic nitrogens is 1. The largest absolute Gasteiger partial charge is 0.381 e. The highest BCUT2D eigenvalue weighted by Gasteiger charge is 2.16. The lowest BCUT2D eigenvalue weighted by Crippen LogP contribution is -2.09. The molecule has 0 bridgehead atoms. The Morgan fingerprint density at radius 2 is 1.27 bits per heavy atom. The van der Waals surface area contributed by atoms with Crippen molar-refractivity contribution in [3.05, 3.63) is 124 Å². The summed E-state index contributed by atoms with van der Waals surface area (Å²) in [5.41, 5.74) is 13.5. The molecule has 0 aliphatic rings. The number of rotatable bonds is 9. The van der Waals surface area contributed by atoms with Gasteiger partial charge in [-0.3, -0.25) is 4.98 Å². The number of para-hydroxylation sites is 1. The third-order valence-corrected chi connectivity index (χ3v) is 8.03. The summed E-state index contributed by atoms with van der Waals surface area (Å²) in [5, 5.41) is 9.99. The van der Waals surface area contributed by atoms with Crippen LogP contribution < -0.4 is 10.6 Å². The summed E-state index contributed by atoms with van der Waals surface area (Å²) >= 11 is 0. The van der Waals surface area contributed by atoms with Crippen molar-refractivity contribution in [3.63, 3.8) is 0 Å². The van der Waals surface area contributed by atoms with Crippen LogP contribution >= 0.6 is 0 Å². The van der Waals surface area contributed by atoms with E-state index in [2.05, 4.69) is 144 Å². The molecule has 0 radical (unpaired) electrons. The zero-order valence-electron chi connectivity index (χ0n) is 25.6. The molecule has 0 aliphatic heterocycles. The number of benzene rings is 4. The molecule has 4 aromatic carbocycles. The zero-order chi connectivity index (χ0) is 29.1. The first kappa shape index (κ1) is 28.4. The molecule has 1 aromatic heterocycles. The molecular formula is C38H43N3. The van der Waals surface area contributed by atoms with Crippen LogP contribution in [0.2, 0.25) is 0 Å². The van der Waals surface area contributed by atoms with Gasteiger partial charge < -0.3 is 10.6 Å². The molecule has 3 nitrogen and oxygen atoms in total. The Balaban J connectivity index is 1.50. The summed E-state index contributed by atoms with van der Waals surface area (Å²) in [7, 11) is 0. The number of nitrogens with one attached hydrogen (secondary N) is 2. The van der Waals surface area contributed by atoms with Gasteiger partial charge in [0.05, 0.1) is 17.9 Å². The van der Waals surface area contributed by atoms with E-state index in [9.17, 15) is 0 Å². The van der Waals surface area contributed by atoms with E-state index in [1.165, 1.54) is 61.1 Å². The molecule has 0 saturated carbocycles. The molecule has 210 valence electrons. The first-order valence-electron chi connectivity index (χ1n) is 14.9. The van der Waals surface area contributed by atoms with Gasteiger partial charge in [-0.1, -0.05) is 106 Å². The average molecular weight is 542 g/mol. The maximum atomic E-state index is 5.23. The number of anilines is 2. The van der Waals surface area contributed by atoms with Crippen molar-refractivity contribution in [3.8, 4) is 11.3 Å². The molecule has 0 aliphatic carbocycles. The summed E-state index contributed by atoms with van der Waals surface area (Å²) in [6.07, 6.45) is 0. The summed E-state index contributed by atoms with van der Waals surface area (Å²) < 4.78 is 0. The van der Waals surface area contributed by atoms with Gasteiger partial charge in [0.2, 0.25) is 0 Å². The molecule has 0 fully saturated rings. The van der Waals surface area contributed by atoms with Crippen LogP contribution in [0.5, 0.6) is 0 Å². The maximum Gasteiger partial charge on any atom is 0.0715 e. The smallest absolute Gasteiger partial charge is 0.0715 e. The Bertz CT molecular complexity index is 1630. The Hall–Kier alpha value is -4.11. The first-order chi connectivity index (χ1) is 19.7. The predicted octanol–water partition coefficient (Wildman–Crippen LogP) is 10.3. The SMILES string of the molecule is Cc1cc(C)c(NCc2ccc3ccccc3c2-c2cccc(CNc3c(C(C)C)cccc3C(C)C)n2)c(C)c1. The molecule has 0 spiro atoms. The number of nitrogens with zero attached hydrogens (tertiary/aromatic N) is 1. The van der Waals surface area contributed by atoms with Gasteiger partial charge in [-0.15, -0.1) is 0 Å². The molecule has 0 atom stereocenters. The molecule has 41 heavy (non-hydrogen) atoms. The molecule has 3 heteroatoms. The molecular weight excluding hydrogens is 498 g/mol. The van der Waals surface area contributed by atoms with Crippen molar-refractivity contribution in [2.75, 3.05) is 10.6 Å². The monoisotopic (exact) mass is 541 g/mol. The summed E-state index contributed by atoms with van der Waals surface area (Å²) in [5.74, 6) is 0.893. The third kappa shape index (κ3) is 6.15. The highest BCUT2D eigenvalue weighted by molar-refractivity contribution is 5.97. The van der Waals surface area contributed by atoms with Crippen molar-refractivity contribution in [2.45, 2.75) is 73.4 Å². The fraction of sp³-hybridized carbons (Fsp3) is 0.289. The second kappa shape index (κ2) is 12.2. The number of hydrogen-bond donors (Lipinski definition) is 2. The van der Waals surface area contributed by atoms with Crippen LogP contribution in [0.15, 0.2) is 84.9 Å². The van der Waals surface area contributed by atoms with Crippen LogP contribution in [-0.4, -0.2) is 4.98 Å². The van der Waals surface area contributed by atoms with Crippen molar-refractivity contribution in [1.82, 2.24) is 4.98 Å². The van der Waals surface area contributed by atoms with Gasteiger partial charge in [-0.25, -0.2) is 0 Å². The first-order valence-corrected chi connectivity index (χ1v) is 14.9.